The van der Waals surface area contributed by atoms with Gasteiger partial charge < -0.3 is 15.2 Å². The summed E-state index contributed by atoms with van der Waals surface area (Å²) >= 11 is 5.81. The first-order valence-corrected chi connectivity index (χ1v) is 6.83. The van der Waals surface area contributed by atoms with Crippen LogP contribution in [0.3, 0.4) is 0 Å². The summed E-state index contributed by atoms with van der Waals surface area (Å²) in [4.78, 5) is 23.0. The third kappa shape index (κ3) is 3.95. The van der Waals surface area contributed by atoms with Gasteiger partial charge in [-0.1, -0.05) is 23.7 Å². The number of carboxylic acid groups (broad SMARTS) is 1. The molecule has 0 saturated carbocycles. The van der Waals surface area contributed by atoms with E-state index in [1.165, 1.54) is 0 Å². The molecule has 1 aliphatic rings. The van der Waals surface area contributed by atoms with Crippen LogP contribution in [0.4, 0.5) is 0 Å². The number of aliphatic carboxylic acids is 1. The van der Waals surface area contributed by atoms with Crippen molar-refractivity contribution in [2.24, 2.45) is 0 Å². The number of carbonyl (C=O) groups is 2. The molecule has 1 fully saturated rings. The van der Waals surface area contributed by atoms with E-state index in [4.69, 9.17) is 21.4 Å². The minimum atomic E-state index is -0.974. The van der Waals surface area contributed by atoms with Crippen molar-refractivity contribution in [2.75, 3.05) is 6.61 Å². The van der Waals surface area contributed by atoms with Crippen LogP contribution in [0.25, 0.3) is 0 Å². The minimum Gasteiger partial charge on any atom is -0.481 e. The van der Waals surface area contributed by atoms with Crippen molar-refractivity contribution in [3.8, 4) is 0 Å². The van der Waals surface area contributed by atoms with Crippen LogP contribution in [0.5, 0.6) is 0 Å². The van der Waals surface area contributed by atoms with Crippen molar-refractivity contribution in [1.82, 2.24) is 5.32 Å². The second kappa shape index (κ2) is 6.72. The molecule has 1 saturated heterocycles. The standard InChI is InChI=1S/C14H16ClNO4/c15-10-5-3-9(4-6-10)11(8-13(17)18)16-14(19)12-2-1-7-20-12/h3-6,11-12H,1-2,7-8H2,(H,16,19)(H,17,18)/t11-,12?/m0/s1. The molecule has 2 N–H and O–H groups in total. The molecule has 0 radical (unpaired) electrons. The Bertz CT molecular complexity index is 482. The average molecular weight is 298 g/mol. The molecule has 0 aromatic heterocycles. The molecule has 6 heteroatoms. The first-order chi connectivity index (χ1) is 9.56. The molecule has 2 atom stereocenters. The SMILES string of the molecule is O=C(O)C[C@H](NC(=O)C1CCCO1)c1ccc(Cl)cc1. The number of ether oxygens (including phenoxy) is 1. The summed E-state index contributed by atoms with van der Waals surface area (Å²) in [5.74, 6) is -1.23. The highest BCUT2D eigenvalue weighted by Crippen LogP contribution is 2.21. The Morgan fingerprint density at radius 2 is 2.10 bits per heavy atom. The predicted molar refractivity (Wildman–Crippen MR) is 73.6 cm³/mol. The van der Waals surface area contributed by atoms with Crippen molar-refractivity contribution >= 4 is 23.5 Å². The summed E-state index contributed by atoms with van der Waals surface area (Å²) in [7, 11) is 0. The van der Waals surface area contributed by atoms with E-state index in [0.29, 0.717) is 23.6 Å². The molecule has 1 heterocycles. The highest BCUT2D eigenvalue weighted by atomic mass is 35.5. The second-order valence-electron chi connectivity index (χ2n) is 4.71. The number of hydrogen-bond acceptors (Lipinski definition) is 3. The Morgan fingerprint density at radius 1 is 1.40 bits per heavy atom. The maximum Gasteiger partial charge on any atom is 0.305 e. The van der Waals surface area contributed by atoms with Crippen molar-refractivity contribution in [3.05, 3.63) is 34.9 Å². The van der Waals surface area contributed by atoms with E-state index in [0.717, 1.165) is 6.42 Å². The molecule has 0 spiro atoms. The number of rotatable bonds is 5. The summed E-state index contributed by atoms with van der Waals surface area (Å²) < 4.78 is 5.30. The largest absolute Gasteiger partial charge is 0.481 e. The first kappa shape index (κ1) is 14.8. The van der Waals surface area contributed by atoms with Crippen LogP contribution in [0.1, 0.15) is 30.9 Å². The Hall–Kier alpha value is -1.59. The van der Waals surface area contributed by atoms with E-state index in [9.17, 15) is 9.59 Å². The normalized spacial score (nSPS) is 19.6. The fraction of sp³-hybridized carbons (Fsp3) is 0.429. The van der Waals surface area contributed by atoms with E-state index in [-0.39, 0.29) is 12.3 Å². The molecule has 2 rings (SSSR count). The van der Waals surface area contributed by atoms with Gasteiger partial charge in [-0.05, 0) is 30.5 Å². The van der Waals surface area contributed by atoms with Gasteiger partial charge in [-0.25, -0.2) is 0 Å². The molecule has 1 aromatic rings. The Labute approximate surface area is 121 Å². The second-order valence-corrected chi connectivity index (χ2v) is 5.15. The fourth-order valence-electron chi connectivity index (χ4n) is 2.17. The Kier molecular flexibility index (Phi) is 4.98. The van der Waals surface area contributed by atoms with Gasteiger partial charge in [0, 0.05) is 11.6 Å². The van der Waals surface area contributed by atoms with E-state index < -0.39 is 18.1 Å². The van der Waals surface area contributed by atoms with Crippen LogP contribution in [0.2, 0.25) is 5.02 Å². The third-order valence-electron chi connectivity index (χ3n) is 3.19. The smallest absolute Gasteiger partial charge is 0.305 e. The molecule has 108 valence electrons. The topological polar surface area (TPSA) is 75.6 Å². The van der Waals surface area contributed by atoms with Crippen molar-refractivity contribution < 1.29 is 19.4 Å². The predicted octanol–water partition coefficient (Wildman–Crippen LogP) is 2.15. The lowest BCUT2D eigenvalue weighted by atomic mass is 10.0. The Balaban J connectivity index is 2.08. The zero-order chi connectivity index (χ0) is 14.5. The lowest BCUT2D eigenvalue weighted by Crippen LogP contribution is -2.37. The first-order valence-electron chi connectivity index (χ1n) is 6.45. The minimum absolute atomic E-state index is 0.180. The van der Waals surface area contributed by atoms with Crippen LogP contribution in [0.15, 0.2) is 24.3 Å². The average Bonchev–Trinajstić information content (AvgIpc) is 2.92. The summed E-state index contributed by atoms with van der Waals surface area (Å²) in [5, 5.41) is 12.3. The number of amides is 1. The van der Waals surface area contributed by atoms with Gasteiger partial charge in [0.25, 0.3) is 0 Å². The van der Waals surface area contributed by atoms with E-state index in [1.807, 2.05) is 0 Å². The zero-order valence-corrected chi connectivity index (χ0v) is 11.6. The molecular weight excluding hydrogens is 282 g/mol. The molecule has 20 heavy (non-hydrogen) atoms. The van der Waals surface area contributed by atoms with Crippen LogP contribution in [0, 0.1) is 0 Å². The number of nitrogens with one attached hydrogen (secondary N) is 1. The van der Waals surface area contributed by atoms with Crippen LogP contribution < -0.4 is 5.32 Å². The van der Waals surface area contributed by atoms with Crippen LogP contribution in [-0.2, 0) is 14.3 Å². The summed E-state index contributed by atoms with van der Waals surface area (Å²) in [5.41, 5.74) is 0.711. The molecule has 0 aliphatic carbocycles. The molecule has 1 aromatic carbocycles. The van der Waals surface area contributed by atoms with E-state index in [2.05, 4.69) is 5.32 Å². The van der Waals surface area contributed by atoms with Crippen molar-refractivity contribution in [1.29, 1.82) is 0 Å². The van der Waals surface area contributed by atoms with E-state index in [1.54, 1.807) is 24.3 Å². The van der Waals surface area contributed by atoms with Crippen molar-refractivity contribution in [2.45, 2.75) is 31.4 Å². The highest BCUT2D eigenvalue weighted by Gasteiger charge is 2.27. The van der Waals surface area contributed by atoms with Gasteiger partial charge in [0.1, 0.15) is 6.10 Å². The quantitative estimate of drug-likeness (QED) is 0.873. The lowest BCUT2D eigenvalue weighted by Gasteiger charge is -2.19. The number of carbonyl (C=O) groups excluding carboxylic acids is 1. The van der Waals surface area contributed by atoms with Gasteiger partial charge in [-0.3, -0.25) is 9.59 Å². The number of carboxylic acids is 1. The van der Waals surface area contributed by atoms with Crippen LogP contribution in [-0.4, -0.2) is 29.7 Å². The van der Waals surface area contributed by atoms with Gasteiger partial charge >= 0.3 is 5.97 Å². The number of hydrogen-bond donors (Lipinski definition) is 2. The molecule has 1 aliphatic heterocycles. The van der Waals surface area contributed by atoms with Gasteiger partial charge in [0.15, 0.2) is 0 Å². The summed E-state index contributed by atoms with van der Waals surface area (Å²) in [6.07, 6.45) is 0.869. The van der Waals surface area contributed by atoms with Gasteiger partial charge in [0.05, 0.1) is 12.5 Å². The molecule has 5 nitrogen and oxygen atoms in total. The maximum atomic E-state index is 12.0. The maximum absolute atomic E-state index is 12.0. The van der Waals surface area contributed by atoms with Gasteiger partial charge in [-0.15, -0.1) is 0 Å². The van der Waals surface area contributed by atoms with Gasteiger partial charge in [-0.2, -0.15) is 0 Å². The fourth-order valence-corrected chi connectivity index (χ4v) is 2.30. The zero-order valence-electron chi connectivity index (χ0n) is 10.8. The summed E-state index contributed by atoms with van der Waals surface area (Å²) in [6, 6.07) is 6.19. The molecule has 1 unspecified atom stereocenters. The Morgan fingerprint density at radius 3 is 2.65 bits per heavy atom. The molecule has 1 amide bonds. The number of halogens is 1. The summed E-state index contributed by atoms with van der Waals surface area (Å²) in [6.45, 7) is 0.572. The van der Waals surface area contributed by atoms with Gasteiger partial charge in [0.2, 0.25) is 5.91 Å². The molecular formula is C14H16ClNO4. The molecule has 0 bridgehead atoms. The van der Waals surface area contributed by atoms with Crippen molar-refractivity contribution in [3.63, 3.8) is 0 Å². The van der Waals surface area contributed by atoms with Crippen LogP contribution >= 0.6 is 11.6 Å². The highest BCUT2D eigenvalue weighted by molar-refractivity contribution is 6.30. The van der Waals surface area contributed by atoms with E-state index >= 15 is 0 Å². The lowest BCUT2D eigenvalue weighted by molar-refractivity contribution is -0.138. The third-order valence-corrected chi connectivity index (χ3v) is 3.44. The monoisotopic (exact) mass is 297 g/mol. The number of benzene rings is 1.